The molecule has 4 nitrogen and oxygen atoms in total. The molecule has 0 atom stereocenters. The molecule has 4 heteroatoms. The van der Waals surface area contributed by atoms with Gasteiger partial charge in [0.15, 0.2) is 0 Å². The van der Waals surface area contributed by atoms with Gasteiger partial charge in [0.25, 0.3) is 5.91 Å². The van der Waals surface area contributed by atoms with Gasteiger partial charge in [-0.25, -0.2) is 0 Å². The molecule has 21 heavy (non-hydrogen) atoms. The van der Waals surface area contributed by atoms with Crippen LogP contribution in [-0.4, -0.2) is 17.0 Å². The molecule has 0 spiro atoms. The highest BCUT2D eigenvalue weighted by Crippen LogP contribution is 2.15. The molecule has 2 aromatic carbocycles. The number of hydrogen-bond acceptors (Lipinski definition) is 2. The Labute approximate surface area is 123 Å². The maximum Gasteiger partial charge on any atom is 0.307 e. The van der Waals surface area contributed by atoms with E-state index in [4.69, 9.17) is 5.11 Å². The topological polar surface area (TPSA) is 66.4 Å². The minimum absolute atomic E-state index is 0.0622. The highest BCUT2D eigenvalue weighted by molar-refractivity contribution is 6.04. The number of aliphatic carboxylic acids is 1. The molecular weight excluding hydrogens is 266 g/mol. The first-order valence-corrected chi connectivity index (χ1v) is 6.65. The monoisotopic (exact) mass is 283 g/mol. The number of amides is 1. The molecule has 0 radical (unpaired) electrons. The molecule has 0 fully saturated rings. The van der Waals surface area contributed by atoms with Crippen LogP contribution in [0.1, 0.15) is 27.0 Å². The standard InChI is InChI=1S/C17H17NO3/c1-11-6-7-14(8-12(11)2)17(21)18-15-5-3-4-13(9-15)10-16(19)20/h3-9H,10H2,1-2H3,(H,18,21)(H,19,20). The lowest BCUT2D eigenvalue weighted by Crippen LogP contribution is -2.12. The number of benzene rings is 2. The van der Waals surface area contributed by atoms with Crippen LogP contribution in [0.15, 0.2) is 42.5 Å². The van der Waals surface area contributed by atoms with E-state index in [1.54, 1.807) is 30.3 Å². The van der Waals surface area contributed by atoms with Gasteiger partial charge < -0.3 is 10.4 Å². The van der Waals surface area contributed by atoms with Crippen LogP contribution in [0, 0.1) is 13.8 Å². The summed E-state index contributed by atoms with van der Waals surface area (Å²) >= 11 is 0. The Bertz CT molecular complexity index is 692. The summed E-state index contributed by atoms with van der Waals surface area (Å²) < 4.78 is 0. The quantitative estimate of drug-likeness (QED) is 0.905. The van der Waals surface area contributed by atoms with Gasteiger partial charge in [0, 0.05) is 11.3 Å². The van der Waals surface area contributed by atoms with Crippen LogP contribution in [0.5, 0.6) is 0 Å². The lowest BCUT2D eigenvalue weighted by atomic mass is 10.1. The van der Waals surface area contributed by atoms with Crippen molar-refractivity contribution in [3.63, 3.8) is 0 Å². The zero-order valence-electron chi connectivity index (χ0n) is 12.0. The highest BCUT2D eigenvalue weighted by Gasteiger charge is 2.08. The third kappa shape index (κ3) is 3.92. The smallest absolute Gasteiger partial charge is 0.307 e. The van der Waals surface area contributed by atoms with E-state index in [2.05, 4.69) is 5.32 Å². The molecule has 0 aromatic heterocycles. The first-order chi connectivity index (χ1) is 9.95. The van der Waals surface area contributed by atoms with Crippen molar-refractivity contribution >= 4 is 17.6 Å². The third-order valence-electron chi connectivity index (χ3n) is 3.31. The second kappa shape index (κ2) is 6.22. The van der Waals surface area contributed by atoms with Gasteiger partial charge in [0.05, 0.1) is 6.42 Å². The van der Waals surface area contributed by atoms with Crippen LogP contribution in [0.3, 0.4) is 0 Å². The van der Waals surface area contributed by atoms with Crippen molar-refractivity contribution in [2.45, 2.75) is 20.3 Å². The van der Waals surface area contributed by atoms with Crippen molar-refractivity contribution in [3.8, 4) is 0 Å². The molecule has 0 aliphatic heterocycles. The summed E-state index contributed by atoms with van der Waals surface area (Å²) in [5.74, 6) is -1.10. The lowest BCUT2D eigenvalue weighted by Gasteiger charge is -2.08. The molecule has 0 bridgehead atoms. The molecule has 2 rings (SSSR count). The van der Waals surface area contributed by atoms with Crippen LogP contribution in [0.2, 0.25) is 0 Å². The summed E-state index contributed by atoms with van der Waals surface area (Å²) in [6, 6.07) is 12.4. The maximum absolute atomic E-state index is 12.2. The normalized spacial score (nSPS) is 10.2. The average Bonchev–Trinajstić information content (AvgIpc) is 2.41. The number of nitrogens with one attached hydrogen (secondary N) is 1. The number of rotatable bonds is 4. The third-order valence-corrected chi connectivity index (χ3v) is 3.31. The summed E-state index contributed by atoms with van der Waals surface area (Å²) in [4.78, 5) is 22.9. The van der Waals surface area contributed by atoms with E-state index in [9.17, 15) is 9.59 Å². The van der Waals surface area contributed by atoms with Crippen molar-refractivity contribution < 1.29 is 14.7 Å². The lowest BCUT2D eigenvalue weighted by molar-refractivity contribution is -0.136. The summed E-state index contributed by atoms with van der Waals surface area (Å²) in [6.07, 6.45) is -0.0622. The van der Waals surface area contributed by atoms with E-state index in [1.165, 1.54) is 0 Å². The first-order valence-electron chi connectivity index (χ1n) is 6.65. The fourth-order valence-electron chi connectivity index (χ4n) is 2.02. The number of carboxylic acid groups (broad SMARTS) is 1. The molecule has 0 heterocycles. The van der Waals surface area contributed by atoms with E-state index in [0.717, 1.165) is 11.1 Å². The molecule has 0 saturated carbocycles. The summed E-state index contributed by atoms with van der Waals surface area (Å²) in [5, 5.41) is 11.6. The zero-order valence-corrected chi connectivity index (χ0v) is 12.0. The molecule has 0 unspecified atom stereocenters. The minimum Gasteiger partial charge on any atom is -0.481 e. The largest absolute Gasteiger partial charge is 0.481 e. The molecule has 2 N–H and O–H groups in total. The summed E-state index contributed by atoms with van der Waals surface area (Å²) in [5.41, 5.74) is 4.02. The molecule has 0 aliphatic rings. The Hall–Kier alpha value is -2.62. The number of carbonyl (C=O) groups excluding carboxylic acids is 1. The molecule has 1 amide bonds. The Balaban J connectivity index is 2.15. The van der Waals surface area contributed by atoms with Crippen molar-refractivity contribution in [1.29, 1.82) is 0 Å². The van der Waals surface area contributed by atoms with Crippen molar-refractivity contribution in [3.05, 3.63) is 64.7 Å². The van der Waals surface area contributed by atoms with Gasteiger partial charge in [0.1, 0.15) is 0 Å². The van der Waals surface area contributed by atoms with Crippen molar-refractivity contribution in [2.75, 3.05) is 5.32 Å². The van der Waals surface area contributed by atoms with Crippen molar-refractivity contribution in [2.24, 2.45) is 0 Å². The second-order valence-electron chi connectivity index (χ2n) is 5.02. The van der Waals surface area contributed by atoms with Gasteiger partial charge in [-0.05, 0) is 54.8 Å². The number of hydrogen-bond donors (Lipinski definition) is 2. The van der Waals surface area contributed by atoms with Gasteiger partial charge in [-0.3, -0.25) is 9.59 Å². The highest BCUT2D eigenvalue weighted by atomic mass is 16.4. The van der Waals surface area contributed by atoms with E-state index in [-0.39, 0.29) is 12.3 Å². The van der Waals surface area contributed by atoms with Gasteiger partial charge in [-0.1, -0.05) is 18.2 Å². The Kier molecular flexibility index (Phi) is 4.38. The van der Waals surface area contributed by atoms with Crippen molar-refractivity contribution in [1.82, 2.24) is 0 Å². The number of aryl methyl sites for hydroxylation is 2. The summed E-state index contributed by atoms with van der Waals surface area (Å²) in [6.45, 7) is 3.95. The summed E-state index contributed by atoms with van der Waals surface area (Å²) in [7, 11) is 0. The molecule has 108 valence electrons. The fraction of sp³-hybridized carbons (Fsp3) is 0.176. The number of carboxylic acids is 1. The van der Waals surface area contributed by atoms with Crippen LogP contribution in [0.25, 0.3) is 0 Å². The Morgan fingerprint density at radius 2 is 1.81 bits per heavy atom. The van der Waals surface area contributed by atoms with E-state index >= 15 is 0 Å². The van der Waals surface area contributed by atoms with E-state index in [1.807, 2.05) is 26.0 Å². The van der Waals surface area contributed by atoms with Crippen LogP contribution in [0.4, 0.5) is 5.69 Å². The van der Waals surface area contributed by atoms with Gasteiger partial charge >= 0.3 is 5.97 Å². The van der Waals surface area contributed by atoms with E-state index in [0.29, 0.717) is 16.8 Å². The molecule has 0 saturated heterocycles. The Morgan fingerprint density at radius 3 is 2.48 bits per heavy atom. The predicted molar refractivity (Wildman–Crippen MR) is 81.7 cm³/mol. The molecule has 2 aromatic rings. The maximum atomic E-state index is 12.2. The molecule has 0 aliphatic carbocycles. The number of carbonyl (C=O) groups is 2. The zero-order chi connectivity index (χ0) is 15.4. The first kappa shape index (κ1) is 14.8. The van der Waals surface area contributed by atoms with E-state index < -0.39 is 5.97 Å². The number of anilines is 1. The molecular formula is C17H17NO3. The fourth-order valence-corrected chi connectivity index (χ4v) is 2.02. The second-order valence-corrected chi connectivity index (χ2v) is 5.02. The Morgan fingerprint density at radius 1 is 1.05 bits per heavy atom. The minimum atomic E-state index is -0.896. The van der Waals surface area contributed by atoms with Gasteiger partial charge in [0.2, 0.25) is 0 Å². The van der Waals surface area contributed by atoms with Crippen LogP contribution in [-0.2, 0) is 11.2 Å². The average molecular weight is 283 g/mol. The predicted octanol–water partition coefficient (Wildman–Crippen LogP) is 3.18. The van der Waals surface area contributed by atoms with Crippen LogP contribution < -0.4 is 5.32 Å². The van der Waals surface area contributed by atoms with Crippen LogP contribution >= 0.6 is 0 Å². The SMILES string of the molecule is Cc1ccc(C(=O)Nc2cccc(CC(=O)O)c2)cc1C. The van der Waals surface area contributed by atoms with Gasteiger partial charge in [-0.2, -0.15) is 0 Å². The van der Waals surface area contributed by atoms with Gasteiger partial charge in [-0.15, -0.1) is 0 Å².